The third kappa shape index (κ3) is 5.00. The second-order valence-electron chi connectivity index (χ2n) is 10.1. The van der Waals surface area contributed by atoms with E-state index in [1.807, 2.05) is 18.7 Å². The Labute approximate surface area is 242 Å². The van der Waals surface area contributed by atoms with Gasteiger partial charge in [-0.15, -0.1) is 0 Å². The summed E-state index contributed by atoms with van der Waals surface area (Å²) in [5, 5.41) is 0.194. The molecular weight excluding hydrogens is 561 g/mol. The van der Waals surface area contributed by atoms with Crippen LogP contribution >= 0.6 is 0 Å². The molecule has 0 spiro atoms. The number of nitrogen functional groups attached to an aromatic ring is 1. The van der Waals surface area contributed by atoms with E-state index in [1.165, 1.54) is 24.4 Å². The van der Waals surface area contributed by atoms with Gasteiger partial charge in [-0.1, -0.05) is 25.6 Å². The van der Waals surface area contributed by atoms with Crippen molar-refractivity contribution in [1.82, 2.24) is 24.4 Å². The van der Waals surface area contributed by atoms with Crippen LogP contribution in [0.1, 0.15) is 19.4 Å². The molecule has 1 aliphatic heterocycles. The van der Waals surface area contributed by atoms with E-state index in [9.17, 15) is 18.0 Å². The summed E-state index contributed by atoms with van der Waals surface area (Å²) in [6.07, 6.45) is 4.16. The Morgan fingerprint density at radius 3 is 2.62 bits per heavy atom. The molecule has 0 bridgehead atoms. The van der Waals surface area contributed by atoms with Crippen LogP contribution < -0.4 is 16.3 Å². The lowest BCUT2D eigenvalue weighted by molar-refractivity contribution is -0.126. The van der Waals surface area contributed by atoms with E-state index in [1.54, 1.807) is 29.2 Å². The number of para-hydroxylation sites is 1. The van der Waals surface area contributed by atoms with Gasteiger partial charge in [-0.05, 0) is 49.2 Å². The van der Waals surface area contributed by atoms with Gasteiger partial charge >= 0.3 is 5.69 Å². The van der Waals surface area contributed by atoms with Crippen LogP contribution in [0.15, 0.2) is 64.9 Å². The molecule has 4 aromatic rings. The van der Waals surface area contributed by atoms with Crippen molar-refractivity contribution in [2.45, 2.75) is 31.2 Å². The largest absolute Gasteiger partial charge is 0.383 e. The molecule has 0 unspecified atom stereocenters. The molecule has 11 nitrogen and oxygen atoms in total. The summed E-state index contributed by atoms with van der Waals surface area (Å²) in [7, 11) is -3.81. The van der Waals surface area contributed by atoms with Crippen molar-refractivity contribution in [3.63, 3.8) is 0 Å². The Balaban J connectivity index is 1.86. The van der Waals surface area contributed by atoms with Crippen molar-refractivity contribution in [3.05, 3.63) is 77.1 Å². The highest BCUT2D eigenvalue weighted by molar-refractivity contribution is 7.90. The molecule has 0 aliphatic carbocycles. The molecule has 1 amide bonds. The number of aryl methyl sites for hydroxylation is 1. The van der Waals surface area contributed by atoms with Crippen LogP contribution in [0.5, 0.6) is 0 Å². The average Bonchev–Trinajstić information content (AvgIpc) is 2.96. The van der Waals surface area contributed by atoms with Gasteiger partial charge in [0.05, 0.1) is 16.0 Å². The predicted molar refractivity (Wildman–Crippen MR) is 159 cm³/mol. The van der Waals surface area contributed by atoms with Gasteiger partial charge in [-0.3, -0.25) is 4.79 Å². The average molecular weight is 592 g/mol. The molecule has 1 fully saturated rings. The van der Waals surface area contributed by atoms with Crippen LogP contribution in [0, 0.1) is 5.82 Å². The topological polar surface area (TPSA) is 144 Å². The zero-order valence-electron chi connectivity index (χ0n) is 23.4. The van der Waals surface area contributed by atoms with Gasteiger partial charge in [0, 0.05) is 43.7 Å². The fourth-order valence-electron chi connectivity index (χ4n) is 5.34. The first kappa shape index (κ1) is 28.9. The van der Waals surface area contributed by atoms with Gasteiger partial charge in [0.15, 0.2) is 21.3 Å². The number of sulfone groups is 1. The number of hydrogen-bond acceptors (Lipinski definition) is 9. The second kappa shape index (κ2) is 11.0. The minimum absolute atomic E-state index is 0.00671. The molecule has 1 aromatic carbocycles. The summed E-state index contributed by atoms with van der Waals surface area (Å²) in [6, 6.07) is 8.82. The Kier molecular flexibility index (Phi) is 7.54. The number of halogens is 1. The van der Waals surface area contributed by atoms with Crippen LogP contribution in [0.4, 0.5) is 16.0 Å². The fourth-order valence-corrected chi connectivity index (χ4v) is 6.24. The van der Waals surface area contributed by atoms with E-state index in [2.05, 4.69) is 21.5 Å². The molecule has 0 saturated carbocycles. The number of piperazine rings is 1. The van der Waals surface area contributed by atoms with Crippen molar-refractivity contribution in [3.8, 4) is 16.9 Å². The quantitative estimate of drug-likeness (QED) is 0.335. The third-order valence-electron chi connectivity index (χ3n) is 7.37. The summed E-state index contributed by atoms with van der Waals surface area (Å²) in [5.41, 5.74) is 6.01. The normalized spacial score (nSPS) is 15.7. The summed E-state index contributed by atoms with van der Waals surface area (Å²) in [6.45, 7) is 8.22. The lowest BCUT2D eigenvalue weighted by Gasteiger charge is -2.40. The van der Waals surface area contributed by atoms with Crippen LogP contribution in [0.25, 0.3) is 28.0 Å². The van der Waals surface area contributed by atoms with E-state index < -0.39 is 21.3 Å². The lowest BCUT2D eigenvalue weighted by atomic mass is 10.1. The van der Waals surface area contributed by atoms with Gasteiger partial charge in [0.1, 0.15) is 17.3 Å². The smallest absolute Gasteiger partial charge is 0.355 e. The van der Waals surface area contributed by atoms with Crippen LogP contribution in [0.2, 0.25) is 0 Å². The SMILES string of the molecule is C=CC(=O)N1CCN(c2nc(=O)n(-c3c(CC)cccc3S(C)(=O)=O)c3nc(-c4cccnc4N)c(F)cc23)[C@@H](C)C1. The zero-order valence-corrected chi connectivity index (χ0v) is 24.2. The number of anilines is 2. The summed E-state index contributed by atoms with van der Waals surface area (Å²) < 4.78 is 42.8. The number of hydrogen-bond donors (Lipinski definition) is 1. The maximum absolute atomic E-state index is 15.9. The zero-order chi connectivity index (χ0) is 30.3. The van der Waals surface area contributed by atoms with Crippen LogP contribution in [0.3, 0.4) is 0 Å². The van der Waals surface area contributed by atoms with Gasteiger partial charge in [0.2, 0.25) is 5.91 Å². The number of carbonyl (C=O) groups excluding carboxylic acids is 1. The molecule has 5 rings (SSSR count). The van der Waals surface area contributed by atoms with Crippen LogP contribution in [-0.4, -0.2) is 70.7 Å². The summed E-state index contributed by atoms with van der Waals surface area (Å²) >= 11 is 0. The minimum Gasteiger partial charge on any atom is -0.383 e. The Hall–Kier alpha value is -4.65. The minimum atomic E-state index is -3.81. The van der Waals surface area contributed by atoms with E-state index in [0.717, 1.165) is 10.8 Å². The maximum Gasteiger partial charge on any atom is 0.355 e. The van der Waals surface area contributed by atoms with Crippen LogP contribution in [-0.2, 0) is 21.1 Å². The van der Waals surface area contributed by atoms with Gasteiger partial charge < -0.3 is 15.5 Å². The molecular formula is C29H30FN7O4S. The number of nitrogens with zero attached hydrogens (tertiary/aromatic N) is 6. The van der Waals surface area contributed by atoms with Crippen molar-refractivity contribution < 1.29 is 17.6 Å². The number of nitrogens with two attached hydrogens (primary N) is 1. The van der Waals surface area contributed by atoms with Crippen molar-refractivity contribution in [1.29, 1.82) is 0 Å². The first-order valence-electron chi connectivity index (χ1n) is 13.3. The molecule has 0 radical (unpaired) electrons. The Morgan fingerprint density at radius 1 is 1.21 bits per heavy atom. The Bertz CT molecular complexity index is 1910. The van der Waals surface area contributed by atoms with Crippen molar-refractivity contribution in [2.75, 3.05) is 36.5 Å². The first-order valence-corrected chi connectivity index (χ1v) is 15.2. The van der Waals surface area contributed by atoms with Crippen molar-refractivity contribution in [2.24, 2.45) is 0 Å². The number of pyridine rings is 2. The molecule has 4 heterocycles. The number of rotatable bonds is 6. The molecule has 1 atom stereocenters. The van der Waals surface area contributed by atoms with Gasteiger partial charge in [-0.25, -0.2) is 32.1 Å². The first-order chi connectivity index (χ1) is 20.0. The van der Waals surface area contributed by atoms with E-state index in [-0.39, 0.29) is 56.5 Å². The predicted octanol–water partition coefficient (Wildman–Crippen LogP) is 2.75. The highest BCUT2D eigenvalue weighted by atomic mass is 32.2. The monoisotopic (exact) mass is 591 g/mol. The number of amides is 1. The molecule has 2 N–H and O–H groups in total. The molecule has 1 saturated heterocycles. The number of fused-ring (bicyclic) bond motifs is 1. The Morgan fingerprint density at radius 2 is 1.98 bits per heavy atom. The number of aromatic nitrogens is 4. The fraction of sp³-hybridized carbons (Fsp3) is 0.276. The van der Waals surface area contributed by atoms with E-state index in [0.29, 0.717) is 31.6 Å². The van der Waals surface area contributed by atoms with Crippen molar-refractivity contribution >= 4 is 38.4 Å². The molecule has 13 heteroatoms. The standard InChI is InChI=1S/C29H30FN7O4S/c1-5-18-9-7-11-22(42(4,40)41)25(18)37-28-20(15-21(30)24(33-28)19-10-8-12-32-26(19)31)27(34-29(37)39)36-14-13-35(16-17(36)3)23(38)6-2/h6-12,15,17H,2,5,13-14,16H2,1,3-4H3,(H2,31,32)/t17-/m0/s1. The summed E-state index contributed by atoms with van der Waals surface area (Å²) in [4.78, 5) is 42.6. The number of carbonyl (C=O) groups is 1. The van der Waals surface area contributed by atoms with E-state index >= 15 is 4.39 Å². The third-order valence-corrected chi connectivity index (χ3v) is 8.50. The molecule has 218 valence electrons. The van der Waals surface area contributed by atoms with E-state index in [4.69, 9.17) is 5.73 Å². The molecule has 1 aliphatic rings. The molecule has 42 heavy (non-hydrogen) atoms. The highest BCUT2D eigenvalue weighted by Gasteiger charge is 2.31. The second-order valence-corrected chi connectivity index (χ2v) is 12.1. The van der Waals surface area contributed by atoms with Gasteiger partial charge in [-0.2, -0.15) is 4.98 Å². The lowest BCUT2D eigenvalue weighted by Crippen LogP contribution is -2.54. The van der Waals surface area contributed by atoms with Gasteiger partial charge in [0.25, 0.3) is 0 Å². The maximum atomic E-state index is 15.9. The number of benzene rings is 1. The summed E-state index contributed by atoms with van der Waals surface area (Å²) in [5.74, 6) is -0.730. The molecule has 3 aromatic heterocycles. The highest BCUT2D eigenvalue weighted by Crippen LogP contribution is 2.34.